The van der Waals surface area contributed by atoms with E-state index in [-0.39, 0.29) is 35.6 Å². The van der Waals surface area contributed by atoms with Crippen molar-refractivity contribution in [2.45, 2.75) is 52.3 Å². The molecule has 2 heterocycles. The van der Waals surface area contributed by atoms with Gasteiger partial charge < -0.3 is 19.1 Å². The monoisotopic (exact) mass is 427 g/mol. The number of hydrogen-bond acceptors (Lipinski definition) is 5. The van der Waals surface area contributed by atoms with Gasteiger partial charge in [-0.05, 0) is 68.9 Å². The lowest BCUT2D eigenvalue weighted by molar-refractivity contribution is -0.153. The molecule has 1 aromatic carbocycles. The van der Waals surface area contributed by atoms with Gasteiger partial charge in [0.15, 0.2) is 6.61 Å². The average molecular weight is 427 g/mol. The number of nitrogens with zero attached hydrogens (tertiary/aromatic N) is 1. The summed E-state index contributed by atoms with van der Waals surface area (Å²) < 4.78 is 52.7. The molecule has 3 rings (SSSR count). The van der Waals surface area contributed by atoms with E-state index in [1.807, 2.05) is 0 Å². The average Bonchev–Trinajstić information content (AvgIpc) is 2.92. The van der Waals surface area contributed by atoms with E-state index in [2.05, 4.69) is 0 Å². The third-order valence-electron chi connectivity index (χ3n) is 5.14. The van der Waals surface area contributed by atoms with Crippen LogP contribution in [0.15, 0.2) is 17.9 Å². The number of ether oxygens (including phenoxy) is 3. The quantitative estimate of drug-likeness (QED) is 0.647. The fourth-order valence-corrected chi connectivity index (χ4v) is 4.02. The number of carbonyl (C=O) groups is 2. The zero-order valence-corrected chi connectivity index (χ0v) is 17.1. The molecule has 1 aromatic rings. The highest BCUT2D eigenvalue weighted by atomic mass is 19.4. The van der Waals surface area contributed by atoms with Gasteiger partial charge in [-0.3, -0.25) is 4.79 Å². The molecule has 164 valence electrons. The molecule has 2 aliphatic rings. The highest BCUT2D eigenvalue weighted by Crippen LogP contribution is 2.41. The van der Waals surface area contributed by atoms with Gasteiger partial charge in [0, 0.05) is 6.54 Å². The van der Waals surface area contributed by atoms with Crippen LogP contribution in [0.3, 0.4) is 0 Å². The molecule has 1 unspecified atom stereocenters. The molecule has 2 aliphatic heterocycles. The topological polar surface area (TPSA) is 65.1 Å². The second kappa shape index (κ2) is 8.57. The number of halogens is 3. The van der Waals surface area contributed by atoms with Gasteiger partial charge in [-0.2, -0.15) is 13.2 Å². The van der Waals surface area contributed by atoms with E-state index in [0.717, 1.165) is 12.8 Å². The van der Waals surface area contributed by atoms with Crippen LogP contribution < -0.4 is 4.74 Å². The second-order valence-corrected chi connectivity index (χ2v) is 7.37. The maximum absolute atomic E-state index is 13.2. The van der Waals surface area contributed by atoms with Crippen LogP contribution in [0.25, 0.3) is 5.57 Å². The third kappa shape index (κ3) is 4.55. The number of alkyl halides is 3. The summed E-state index contributed by atoms with van der Waals surface area (Å²) in [6.07, 6.45) is -2.93. The Balaban J connectivity index is 2.02. The number of piperidine rings is 1. The molecule has 1 amide bonds. The lowest BCUT2D eigenvalue weighted by Gasteiger charge is -2.30. The third-order valence-corrected chi connectivity index (χ3v) is 5.14. The minimum absolute atomic E-state index is 0.0581. The van der Waals surface area contributed by atoms with Crippen LogP contribution in [-0.4, -0.2) is 48.9 Å². The van der Waals surface area contributed by atoms with E-state index in [4.69, 9.17) is 14.2 Å². The summed E-state index contributed by atoms with van der Waals surface area (Å²) in [5.41, 5.74) is 1.90. The number of hydrogen-bond donors (Lipinski definition) is 0. The molecule has 0 aromatic heterocycles. The first-order valence-corrected chi connectivity index (χ1v) is 9.83. The molecule has 0 radical (unpaired) electrons. The van der Waals surface area contributed by atoms with E-state index in [0.29, 0.717) is 29.7 Å². The zero-order valence-electron chi connectivity index (χ0n) is 17.1. The molecule has 0 aliphatic carbocycles. The van der Waals surface area contributed by atoms with Crippen molar-refractivity contribution in [1.29, 1.82) is 0 Å². The second-order valence-electron chi connectivity index (χ2n) is 7.37. The highest BCUT2D eigenvalue weighted by Gasteiger charge is 2.44. The molecule has 30 heavy (non-hydrogen) atoms. The van der Waals surface area contributed by atoms with Crippen molar-refractivity contribution in [1.82, 2.24) is 4.90 Å². The van der Waals surface area contributed by atoms with Crippen LogP contribution in [0, 0.1) is 13.8 Å². The Kier molecular flexibility index (Phi) is 6.28. The first-order chi connectivity index (χ1) is 14.1. The Morgan fingerprint density at radius 1 is 1.20 bits per heavy atom. The summed E-state index contributed by atoms with van der Waals surface area (Å²) in [6, 6.07) is 2.55. The van der Waals surface area contributed by atoms with Crippen LogP contribution in [0.5, 0.6) is 5.75 Å². The number of rotatable bonds is 5. The van der Waals surface area contributed by atoms with E-state index in [9.17, 15) is 22.8 Å². The molecule has 0 spiro atoms. The Hall–Kier alpha value is -2.71. The molecule has 6 nitrogen and oxygen atoms in total. The summed E-state index contributed by atoms with van der Waals surface area (Å²) in [6.45, 7) is 4.29. The molecular formula is C21H24F3NO5. The van der Waals surface area contributed by atoms with Crippen LogP contribution in [0.4, 0.5) is 18.0 Å². The minimum atomic E-state index is -4.45. The zero-order chi connectivity index (χ0) is 22.1. The fourth-order valence-electron chi connectivity index (χ4n) is 4.02. The van der Waals surface area contributed by atoms with Gasteiger partial charge in [0.1, 0.15) is 11.5 Å². The van der Waals surface area contributed by atoms with Gasteiger partial charge in [-0.15, -0.1) is 0 Å². The number of benzene rings is 1. The molecular weight excluding hydrogens is 403 g/mol. The number of fused-ring (bicyclic) bond motifs is 1. The maximum atomic E-state index is 13.2. The van der Waals surface area contributed by atoms with Crippen molar-refractivity contribution in [2.24, 2.45) is 0 Å². The SMILES string of the molecule is CCOC(=O)OC1=C(c2c(C)cc(OCC(F)(F)F)cc2C)C(=O)N2CCCCC12. The Labute approximate surface area is 172 Å². The molecule has 0 saturated carbocycles. The normalized spacial score (nSPS) is 19.1. The summed E-state index contributed by atoms with van der Waals surface area (Å²) in [7, 11) is 0. The molecule has 0 bridgehead atoms. The summed E-state index contributed by atoms with van der Waals surface area (Å²) in [5, 5.41) is 0. The fraction of sp³-hybridized carbons (Fsp3) is 0.524. The largest absolute Gasteiger partial charge is 0.513 e. The van der Waals surface area contributed by atoms with Crippen LogP contribution in [0.1, 0.15) is 42.9 Å². The van der Waals surface area contributed by atoms with Crippen molar-refractivity contribution < 1.29 is 37.0 Å². The van der Waals surface area contributed by atoms with Gasteiger partial charge in [0.05, 0.1) is 18.2 Å². The Bertz CT molecular complexity index is 855. The van der Waals surface area contributed by atoms with Crippen molar-refractivity contribution in [3.63, 3.8) is 0 Å². The predicted octanol–water partition coefficient (Wildman–Crippen LogP) is 4.52. The minimum Gasteiger partial charge on any atom is -0.484 e. The Morgan fingerprint density at radius 2 is 1.87 bits per heavy atom. The lowest BCUT2D eigenvalue weighted by Crippen LogP contribution is -2.40. The van der Waals surface area contributed by atoms with Crippen LogP contribution in [-0.2, 0) is 14.3 Å². The van der Waals surface area contributed by atoms with Crippen LogP contribution >= 0.6 is 0 Å². The lowest BCUT2D eigenvalue weighted by atomic mass is 9.94. The molecule has 9 heteroatoms. The number of carbonyl (C=O) groups excluding carboxylic acids is 2. The van der Waals surface area contributed by atoms with Crippen molar-refractivity contribution in [3.05, 3.63) is 34.6 Å². The van der Waals surface area contributed by atoms with Crippen molar-refractivity contribution in [3.8, 4) is 5.75 Å². The Morgan fingerprint density at radius 3 is 2.47 bits per heavy atom. The standard InChI is InChI=1S/C21H24F3NO5/c1-4-28-20(27)30-18-15-7-5-6-8-25(15)19(26)17(18)16-12(2)9-14(10-13(16)3)29-11-21(22,23)24/h9-10,15H,4-8,11H2,1-3H3. The summed E-state index contributed by atoms with van der Waals surface area (Å²) in [4.78, 5) is 26.9. The van der Waals surface area contributed by atoms with Crippen molar-refractivity contribution in [2.75, 3.05) is 19.8 Å². The van der Waals surface area contributed by atoms with E-state index < -0.39 is 18.9 Å². The van der Waals surface area contributed by atoms with Gasteiger partial charge >= 0.3 is 12.3 Å². The first-order valence-electron chi connectivity index (χ1n) is 9.83. The summed E-state index contributed by atoms with van der Waals surface area (Å²) >= 11 is 0. The van der Waals surface area contributed by atoms with E-state index in [1.165, 1.54) is 12.1 Å². The predicted molar refractivity (Wildman–Crippen MR) is 102 cm³/mol. The molecule has 1 fully saturated rings. The number of amides is 1. The maximum Gasteiger partial charge on any atom is 0.513 e. The highest BCUT2D eigenvalue weighted by molar-refractivity contribution is 6.23. The van der Waals surface area contributed by atoms with E-state index in [1.54, 1.807) is 25.7 Å². The molecule has 0 N–H and O–H groups in total. The number of aryl methyl sites for hydroxylation is 2. The molecule has 1 atom stereocenters. The van der Waals surface area contributed by atoms with Gasteiger partial charge in [0.25, 0.3) is 5.91 Å². The van der Waals surface area contributed by atoms with E-state index >= 15 is 0 Å². The van der Waals surface area contributed by atoms with Gasteiger partial charge in [-0.1, -0.05) is 0 Å². The smallest absolute Gasteiger partial charge is 0.484 e. The summed E-state index contributed by atoms with van der Waals surface area (Å²) in [5.74, 6) is 0.0465. The first kappa shape index (κ1) is 22.0. The van der Waals surface area contributed by atoms with Crippen molar-refractivity contribution >= 4 is 17.6 Å². The van der Waals surface area contributed by atoms with Gasteiger partial charge in [0.2, 0.25) is 0 Å². The van der Waals surface area contributed by atoms with Crippen LogP contribution in [0.2, 0.25) is 0 Å². The van der Waals surface area contributed by atoms with Gasteiger partial charge in [-0.25, -0.2) is 4.79 Å². The molecule has 1 saturated heterocycles.